The lowest BCUT2D eigenvalue weighted by atomic mass is 9.95. The van der Waals surface area contributed by atoms with Crippen LogP contribution in [0.1, 0.15) is 40.6 Å². The van der Waals surface area contributed by atoms with E-state index < -0.39 is 0 Å². The lowest BCUT2D eigenvalue weighted by Crippen LogP contribution is -2.38. The maximum absolute atomic E-state index is 12.9. The molecule has 27 heavy (non-hydrogen) atoms. The maximum atomic E-state index is 12.9. The SMILES string of the molecule is COc1ccc(C(=O)N2CCC(c3ncc(C)n3CCO)CC2)c(OC)c1. The third kappa shape index (κ3) is 3.93. The van der Waals surface area contributed by atoms with Gasteiger partial charge >= 0.3 is 0 Å². The van der Waals surface area contributed by atoms with Crippen molar-refractivity contribution >= 4 is 5.91 Å². The van der Waals surface area contributed by atoms with Crippen molar-refractivity contribution in [3.63, 3.8) is 0 Å². The predicted molar refractivity (Wildman–Crippen MR) is 101 cm³/mol. The zero-order chi connectivity index (χ0) is 19.4. The van der Waals surface area contributed by atoms with E-state index in [2.05, 4.69) is 9.55 Å². The van der Waals surface area contributed by atoms with Crippen molar-refractivity contribution in [3.05, 3.63) is 41.5 Å². The molecule has 1 aliphatic heterocycles. The molecule has 2 aromatic rings. The van der Waals surface area contributed by atoms with Gasteiger partial charge in [0.1, 0.15) is 17.3 Å². The number of aromatic nitrogens is 2. The minimum atomic E-state index is -0.0252. The molecule has 7 nitrogen and oxygen atoms in total. The summed E-state index contributed by atoms with van der Waals surface area (Å²) >= 11 is 0. The fourth-order valence-corrected chi connectivity index (χ4v) is 3.68. The highest BCUT2D eigenvalue weighted by molar-refractivity contribution is 5.97. The third-order valence-electron chi connectivity index (χ3n) is 5.20. The number of benzene rings is 1. The molecule has 2 heterocycles. The van der Waals surface area contributed by atoms with Crippen molar-refractivity contribution in [1.29, 1.82) is 0 Å². The minimum Gasteiger partial charge on any atom is -0.497 e. The number of carbonyl (C=O) groups is 1. The van der Waals surface area contributed by atoms with Gasteiger partial charge in [0.05, 0.1) is 26.4 Å². The van der Waals surface area contributed by atoms with Crippen molar-refractivity contribution in [3.8, 4) is 11.5 Å². The van der Waals surface area contributed by atoms with Gasteiger partial charge < -0.3 is 24.0 Å². The van der Waals surface area contributed by atoms with Gasteiger partial charge in [-0.1, -0.05) is 0 Å². The van der Waals surface area contributed by atoms with Crippen molar-refractivity contribution in [1.82, 2.24) is 14.5 Å². The van der Waals surface area contributed by atoms with E-state index in [4.69, 9.17) is 9.47 Å². The molecule has 0 atom stereocenters. The highest BCUT2D eigenvalue weighted by Gasteiger charge is 2.28. The Kier molecular flexibility index (Phi) is 6.01. The number of hydrogen-bond donors (Lipinski definition) is 1. The van der Waals surface area contributed by atoms with Gasteiger partial charge in [0, 0.05) is 43.5 Å². The Morgan fingerprint density at radius 2 is 2.00 bits per heavy atom. The number of methoxy groups -OCH3 is 2. The van der Waals surface area contributed by atoms with Crippen molar-refractivity contribution < 1.29 is 19.4 Å². The minimum absolute atomic E-state index is 0.0252. The van der Waals surface area contributed by atoms with Crippen molar-refractivity contribution in [2.45, 2.75) is 32.2 Å². The first-order valence-electron chi connectivity index (χ1n) is 9.23. The summed E-state index contributed by atoms with van der Waals surface area (Å²) in [5.74, 6) is 2.47. The smallest absolute Gasteiger partial charge is 0.257 e. The van der Waals surface area contributed by atoms with Gasteiger partial charge in [-0.2, -0.15) is 0 Å². The van der Waals surface area contributed by atoms with Gasteiger partial charge in [0.15, 0.2) is 0 Å². The Hall–Kier alpha value is -2.54. The quantitative estimate of drug-likeness (QED) is 0.840. The van der Waals surface area contributed by atoms with Gasteiger partial charge in [-0.25, -0.2) is 4.98 Å². The molecule has 1 aliphatic rings. The monoisotopic (exact) mass is 373 g/mol. The Labute approximate surface area is 159 Å². The van der Waals surface area contributed by atoms with Crippen LogP contribution in [0.3, 0.4) is 0 Å². The zero-order valence-corrected chi connectivity index (χ0v) is 16.1. The van der Waals surface area contributed by atoms with Crippen LogP contribution in [0.2, 0.25) is 0 Å². The van der Waals surface area contributed by atoms with E-state index in [-0.39, 0.29) is 12.5 Å². The first-order valence-corrected chi connectivity index (χ1v) is 9.23. The van der Waals surface area contributed by atoms with Gasteiger partial charge in [0.2, 0.25) is 0 Å². The molecule has 3 rings (SSSR count). The van der Waals surface area contributed by atoms with Crippen molar-refractivity contribution in [2.24, 2.45) is 0 Å². The van der Waals surface area contributed by atoms with Crippen LogP contribution in [0.15, 0.2) is 24.4 Å². The summed E-state index contributed by atoms with van der Waals surface area (Å²) in [5.41, 5.74) is 1.61. The van der Waals surface area contributed by atoms with Crippen LogP contribution in [-0.4, -0.2) is 59.4 Å². The third-order valence-corrected chi connectivity index (χ3v) is 5.20. The Balaban J connectivity index is 1.70. The fraction of sp³-hybridized carbons (Fsp3) is 0.500. The first-order chi connectivity index (χ1) is 13.1. The summed E-state index contributed by atoms with van der Waals surface area (Å²) < 4.78 is 12.7. The van der Waals surface area contributed by atoms with Gasteiger partial charge in [0.25, 0.3) is 5.91 Å². The van der Waals surface area contributed by atoms with E-state index in [1.54, 1.807) is 32.4 Å². The number of piperidine rings is 1. The molecule has 1 N–H and O–H groups in total. The predicted octanol–water partition coefficient (Wildman–Crippen LogP) is 2.22. The number of amides is 1. The topological polar surface area (TPSA) is 76.8 Å². The molecule has 146 valence electrons. The number of likely N-dealkylation sites (tertiary alicyclic amines) is 1. The first kappa shape index (κ1) is 19.2. The van der Waals surface area contributed by atoms with Gasteiger partial charge in [-0.05, 0) is 31.9 Å². The standard InChI is InChI=1S/C20H27N3O4/c1-14-13-21-19(23(14)10-11-24)15-6-8-22(9-7-15)20(25)17-5-4-16(26-2)12-18(17)27-3/h4-5,12-13,15,24H,6-11H2,1-3H3. The molecular formula is C20H27N3O4. The highest BCUT2D eigenvalue weighted by atomic mass is 16.5. The summed E-state index contributed by atoms with van der Waals surface area (Å²) in [4.78, 5) is 19.4. The molecule has 1 amide bonds. The second kappa shape index (κ2) is 8.43. The van der Waals surface area contributed by atoms with E-state index in [0.717, 1.165) is 24.4 Å². The highest BCUT2D eigenvalue weighted by Crippen LogP contribution is 2.31. The summed E-state index contributed by atoms with van der Waals surface area (Å²) in [6.45, 7) is 4.00. The number of nitrogens with zero attached hydrogens (tertiary/aromatic N) is 3. The average Bonchev–Trinajstić information content (AvgIpc) is 3.07. The Morgan fingerprint density at radius 3 is 2.63 bits per heavy atom. The van der Waals surface area contributed by atoms with Crippen LogP contribution in [0.25, 0.3) is 0 Å². The largest absolute Gasteiger partial charge is 0.497 e. The number of aliphatic hydroxyl groups excluding tert-OH is 1. The lowest BCUT2D eigenvalue weighted by molar-refractivity contribution is 0.0706. The summed E-state index contributed by atoms with van der Waals surface area (Å²) in [7, 11) is 3.14. The van der Waals surface area contributed by atoms with E-state index in [0.29, 0.717) is 42.6 Å². The Morgan fingerprint density at radius 1 is 1.26 bits per heavy atom. The number of rotatable bonds is 6. The number of aliphatic hydroxyl groups is 1. The van der Waals surface area contributed by atoms with Crippen LogP contribution in [0, 0.1) is 6.92 Å². The number of aryl methyl sites for hydroxylation is 1. The second-order valence-corrected chi connectivity index (χ2v) is 6.77. The van der Waals surface area contributed by atoms with Crippen LogP contribution in [0.5, 0.6) is 11.5 Å². The van der Waals surface area contributed by atoms with E-state index >= 15 is 0 Å². The van der Waals surface area contributed by atoms with Crippen LogP contribution >= 0.6 is 0 Å². The average molecular weight is 373 g/mol. The summed E-state index contributed by atoms with van der Waals surface area (Å²) in [5, 5.41) is 9.29. The Bertz CT molecular complexity index is 795. The molecule has 0 spiro atoms. The molecule has 1 aromatic heterocycles. The van der Waals surface area contributed by atoms with Gasteiger partial charge in [-0.15, -0.1) is 0 Å². The number of imidazole rings is 1. The molecule has 0 bridgehead atoms. The fourth-order valence-electron chi connectivity index (χ4n) is 3.68. The van der Waals surface area contributed by atoms with E-state index in [9.17, 15) is 9.90 Å². The molecule has 1 fully saturated rings. The van der Waals surface area contributed by atoms with E-state index in [1.165, 1.54) is 0 Å². The second-order valence-electron chi connectivity index (χ2n) is 6.77. The van der Waals surface area contributed by atoms with Crippen LogP contribution in [-0.2, 0) is 6.54 Å². The molecular weight excluding hydrogens is 346 g/mol. The van der Waals surface area contributed by atoms with Crippen LogP contribution in [0.4, 0.5) is 0 Å². The lowest BCUT2D eigenvalue weighted by Gasteiger charge is -2.32. The number of carbonyl (C=O) groups excluding carboxylic acids is 1. The molecule has 0 saturated carbocycles. The van der Waals surface area contributed by atoms with Gasteiger partial charge in [-0.3, -0.25) is 4.79 Å². The van der Waals surface area contributed by atoms with Crippen LogP contribution < -0.4 is 9.47 Å². The number of hydrogen-bond acceptors (Lipinski definition) is 5. The molecule has 0 aliphatic carbocycles. The maximum Gasteiger partial charge on any atom is 0.257 e. The summed E-state index contributed by atoms with van der Waals surface area (Å²) in [6.07, 6.45) is 3.56. The van der Waals surface area contributed by atoms with Crippen molar-refractivity contribution in [2.75, 3.05) is 33.9 Å². The molecule has 1 saturated heterocycles. The van der Waals surface area contributed by atoms with E-state index in [1.807, 2.05) is 18.0 Å². The summed E-state index contributed by atoms with van der Waals surface area (Å²) in [6, 6.07) is 5.26. The molecule has 1 aromatic carbocycles. The number of ether oxygens (including phenoxy) is 2. The molecule has 0 unspecified atom stereocenters. The normalized spacial score (nSPS) is 15.0. The zero-order valence-electron chi connectivity index (χ0n) is 16.1. The molecule has 0 radical (unpaired) electrons. The molecule has 7 heteroatoms.